The van der Waals surface area contributed by atoms with Crippen LogP contribution in [0.4, 0.5) is 0 Å². The molecule has 3 nitrogen and oxygen atoms in total. The summed E-state index contributed by atoms with van der Waals surface area (Å²) in [5.41, 5.74) is 5.31. The Morgan fingerprint density at radius 2 is 1.31 bits per heavy atom. The van der Waals surface area contributed by atoms with Crippen molar-refractivity contribution in [1.82, 2.24) is 0 Å². The fraction of sp³-hybridized carbons (Fsp3) is 0.361. The van der Waals surface area contributed by atoms with Gasteiger partial charge < -0.3 is 9.47 Å². The van der Waals surface area contributed by atoms with E-state index in [4.69, 9.17) is 9.47 Å². The van der Waals surface area contributed by atoms with E-state index in [1.54, 1.807) is 0 Å². The fourth-order valence-corrected chi connectivity index (χ4v) is 5.21. The van der Waals surface area contributed by atoms with Crippen molar-refractivity contribution in [2.24, 2.45) is 0 Å². The summed E-state index contributed by atoms with van der Waals surface area (Å²) in [5.74, 6) is 0.658. The molecule has 0 aromatic heterocycles. The summed E-state index contributed by atoms with van der Waals surface area (Å²) in [4.78, 5) is 12.4. The van der Waals surface area contributed by atoms with Crippen LogP contribution >= 0.6 is 0 Å². The summed E-state index contributed by atoms with van der Waals surface area (Å²) < 4.78 is 11.0. The van der Waals surface area contributed by atoms with E-state index in [0.29, 0.717) is 5.56 Å². The molecule has 4 rings (SSSR count). The molecular formula is C36H42O3. The highest BCUT2D eigenvalue weighted by Crippen LogP contribution is 2.27. The van der Waals surface area contributed by atoms with E-state index in [0.717, 1.165) is 48.0 Å². The molecule has 0 fully saturated rings. The monoisotopic (exact) mass is 522 g/mol. The molecule has 39 heavy (non-hydrogen) atoms. The summed E-state index contributed by atoms with van der Waals surface area (Å²) in [7, 11) is 1.44. The highest BCUT2D eigenvalue weighted by molar-refractivity contribution is 5.98. The number of methoxy groups -OCH3 is 1. The third kappa shape index (κ3) is 8.20. The normalized spacial score (nSPS) is 11.0. The Morgan fingerprint density at radius 3 is 2.00 bits per heavy atom. The van der Waals surface area contributed by atoms with E-state index < -0.39 is 0 Å². The molecule has 0 aliphatic heterocycles. The maximum absolute atomic E-state index is 12.4. The van der Waals surface area contributed by atoms with Crippen molar-refractivity contribution in [3.63, 3.8) is 0 Å². The first kappa shape index (κ1) is 28.4. The fourth-order valence-electron chi connectivity index (χ4n) is 5.21. The van der Waals surface area contributed by atoms with Gasteiger partial charge in [-0.3, -0.25) is 0 Å². The van der Waals surface area contributed by atoms with Crippen LogP contribution in [0.5, 0.6) is 5.75 Å². The maximum Gasteiger partial charge on any atom is 0.338 e. The zero-order valence-electron chi connectivity index (χ0n) is 23.6. The number of fused-ring (bicyclic) bond motifs is 1. The highest BCUT2D eigenvalue weighted by atomic mass is 16.5. The van der Waals surface area contributed by atoms with Gasteiger partial charge in [-0.05, 0) is 70.5 Å². The van der Waals surface area contributed by atoms with Crippen molar-refractivity contribution >= 4 is 16.7 Å². The van der Waals surface area contributed by atoms with E-state index in [1.807, 2.05) is 24.3 Å². The van der Waals surface area contributed by atoms with Crippen LogP contribution in [0.15, 0.2) is 84.9 Å². The highest BCUT2D eigenvalue weighted by Gasteiger charge is 2.15. The summed E-state index contributed by atoms with van der Waals surface area (Å²) in [6, 6.07) is 29.2. The summed E-state index contributed by atoms with van der Waals surface area (Å²) >= 11 is 0. The van der Waals surface area contributed by atoms with Crippen LogP contribution in [0, 0.1) is 0 Å². The Labute approximate surface area is 234 Å². The zero-order chi connectivity index (χ0) is 27.3. The molecule has 0 saturated heterocycles. The number of carbonyl (C=O) groups excluding carboxylic acids is 1. The first-order valence-corrected chi connectivity index (χ1v) is 14.6. The minimum Gasteiger partial charge on any atom is -0.494 e. The third-order valence-electron chi connectivity index (χ3n) is 7.52. The lowest BCUT2D eigenvalue weighted by Crippen LogP contribution is -2.07. The molecular weight excluding hydrogens is 480 g/mol. The Morgan fingerprint density at radius 1 is 0.667 bits per heavy atom. The first-order valence-electron chi connectivity index (χ1n) is 14.6. The van der Waals surface area contributed by atoms with Crippen LogP contribution in [-0.4, -0.2) is 19.7 Å². The van der Waals surface area contributed by atoms with E-state index in [2.05, 4.69) is 67.6 Å². The minimum absolute atomic E-state index is 0.281. The van der Waals surface area contributed by atoms with Crippen LogP contribution in [0.2, 0.25) is 0 Å². The van der Waals surface area contributed by atoms with Gasteiger partial charge in [0.1, 0.15) is 5.75 Å². The second-order valence-corrected chi connectivity index (χ2v) is 10.3. The molecule has 4 aromatic carbocycles. The maximum atomic E-state index is 12.4. The van der Waals surface area contributed by atoms with E-state index in [1.165, 1.54) is 68.7 Å². The molecule has 0 saturated carbocycles. The van der Waals surface area contributed by atoms with Crippen molar-refractivity contribution in [1.29, 1.82) is 0 Å². The van der Waals surface area contributed by atoms with Crippen LogP contribution in [0.1, 0.15) is 79.8 Å². The third-order valence-corrected chi connectivity index (χ3v) is 7.52. The van der Waals surface area contributed by atoms with Gasteiger partial charge >= 0.3 is 5.97 Å². The average molecular weight is 523 g/mol. The molecule has 0 radical (unpaired) electrons. The number of carbonyl (C=O) groups is 1. The summed E-state index contributed by atoms with van der Waals surface area (Å²) in [5, 5.41) is 2.25. The van der Waals surface area contributed by atoms with E-state index >= 15 is 0 Å². The van der Waals surface area contributed by atoms with E-state index in [9.17, 15) is 4.79 Å². The predicted molar refractivity (Wildman–Crippen MR) is 163 cm³/mol. The van der Waals surface area contributed by atoms with Gasteiger partial charge in [0.25, 0.3) is 0 Å². The van der Waals surface area contributed by atoms with Crippen molar-refractivity contribution in [2.75, 3.05) is 13.7 Å². The Balaban J connectivity index is 1.29. The molecule has 0 aliphatic carbocycles. The van der Waals surface area contributed by atoms with Gasteiger partial charge in [-0.2, -0.15) is 0 Å². The quantitative estimate of drug-likeness (QED) is 0.115. The molecule has 0 unspecified atom stereocenters. The smallest absolute Gasteiger partial charge is 0.338 e. The predicted octanol–water partition coefficient (Wildman–Crippen LogP) is 9.60. The van der Waals surface area contributed by atoms with Gasteiger partial charge in [-0.15, -0.1) is 0 Å². The summed E-state index contributed by atoms with van der Waals surface area (Å²) in [6.07, 6.45) is 12.1. The van der Waals surface area contributed by atoms with Gasteiger partial charge in [0.15, 0.2) is 0 Å². The number of esters is 1. The molecule has 0 aliphatic rings. The SMILES string of the molecule is CCCCCCCCCCOc1ccc(-c2ccc(CCc3c(C(=O)OC)ccc4ccccc34)cc2)cc1. The van der Waals surface area contributed by atoms with Gasteiger partial charge in [0, 0.05) is 0 Å². The van der Waals surface area contributed by atoms with Crippen LogP contribution in [0.25, 0.3) is 21.9 Å². The van der Waals surface area contributed by atoms with Crippen LogP contribution in [0.3, 0.4) is 0 Å². The molecule has 4 aromatic rings. The lowest BCUT2D eigenvalue weighted by molar-refractivity contribution is 0.0599. The van der Waals surface area contributed by atoms with Crippen molar-refractivity contribution in [2.45, 2.75) is 71.1 Å². The molecule has 0 N–H and O–H groups in total. The first-order chi connectivity index (χ1) is 19.2. The van der Waals surface area contributed by atoms with Crippen molar-refractivity contribution in [3.8, 4) is 16.9 Å². The Bertz CT molecular complexity index is 1310. The number of hydrogen-bond acceptors (Lipinski definition) is 3. The number of hydrogen-bond donors (Lipinski definition) is 0. The Hall–Kier alpha value is -3.59. The minimum atomic E-state index is -0.281. The standard InChI is InChI=1S/C36H42O3/c1-3-4-5-6-7-8-9-12-27-39-32-23-20-30(21-24-32)29-18-15-28(16-19-29)17-25-34-33-14-11-10-13-31(33)22-26-35(34)36(37)38-2/h10-11,13-16,18-24,26H,3-9,12,17,25,27H2,1-2H3. The van der Waals surface area contributed by atoms with Gasteiger partial charge in [0.05, 0.1) is 19.3 Å². The van der Waals surface area contributed by atoms with Crippen LogP contribution < -0.4 is 4.74 Å². The van der Waals surface area contributed by atoms with Gasteiger partial charge in [-0.25, -0.2) is 4.79 Å². The van der Waals surface area contributed by atoms with E-state index in [-0.39, 0.29) is 5.97 Å². The number of unbranched alkanes of at least 4 members (excludes halogenated alkanes) is 7. The molecule has 0 bridgehead atoms. The number of ether oxygens (including phenoxy) is 2. The molecule has 0 amide bonds. The van der Waals surface area contributed by atoms with Gasteiger partial charge in [-0.1, -0.05) is 119 Å². The average Bonchev–Trinajstić information content (AvgIpc) is 2.99. The molecule has 204 valence electrons. The number of benzene rings is 4. The lowest BCUT2D eigenvalue weighted by Gasteiger charge is -2.12. The molecule has 3 heteroatoms. The lowest BCUT2D eigenvalue weighted by atomic mass is 9.93. The molecule has 0 atom stereocenters. The molecule has 0 heterocycles. The number of rotatable bonds is 15. The van der Waals surface area contributed by atoms with Crippen molar-refractivity contribution < 1.29 is 14.3 Å². The van der Waals surface area contributed by atoms with Crippen molar-refractivity contribution in [3.05, 3.63) is 102 Å². The van der Waals surface area contributed by atoms with Crippen LogP contribution in [-0.2, 0) is 17.6 Å². The largest absolute Gasteiger partial charge is 0.494 e. The zero-order valence-corrected chi connectivity index (χ0v) is 23.6. The summed E-state index contributed by atoms with van der Waals surface area (Å²) in [6.45, 7) is 3.05. The number of aryl methyl sites for hydroxylation is 2. The second kappa shape index (κ2) is 15.1. The Kier molecular flexibility index (Phi) is 11.0. The second-order valence-electron chi connectivity index (χ2n) is 10.3. The van der Waals surface area contributed by atoms with Gasteiger partial charge in [0.2, 0.25) is 0 Å². The molecule has 0 spiro atoms. The topological polar surface area (TPSA) is 35.5 Å².